The smallest absolute Gasteiger partial charge is 0.304 e. The molecule has 0 saturated carbocycles. The molecule has 0 spiro atoms. The Bertz CT molecular complexity index is 623. The SMILES string of the molecule is CC(C)Oc1ccc([C@@H](CC(=O)O)c2ccc(Cl)cc2)cn1. The van der Waals surface area contributed by atoms with Gasteiger partial charge in [0.25, 0.3) is 0 Å². The molecular formula is C17H18ClNO3. The van der Waals surface area contributed by atoms with Crippen LogP contribution >= 0.6 is 11.6 Å². The highest BCUT2D eigenvalue weighted by atomic mass is 35.5. The van der Waals surface area contributed by atoms with Gasteiger partial charge in [-0.3, -0.25) is 4.79 Å². The van der Waals surface area contributed by atoms with Crippen LogP contribution in [-0.4, -0.2) is 22.2 Å². The normalized spacial score (nSPS) is 12.2. The average molecular weight is 320 g/mol. The van der Waals surface area contributed by atoms with E-state index in [1.165, 1.54) is 0 Å². The molecule has 1 aromatic heterocycles. The van der Waals surface area contributed by atoms with Crippen molar-refractivity contribution in [1.82, 2.24) is 4.98 Å². The topological polar surface area (TPSA) is 59.4 Å². The summed E-state index contributed by atoms with van der Waals surface area (Å²) in [6.45, 7) is 3.85. The van der Waals surface area contributed by atoms with Gasteiger partial charge in [-0.2, -0.15) is 0 Å². The Morgan fingerprint density at radius 2 is 1.82 bits per heavy atom. The number of carboxylic acids is 1. The van der Waals surface area contributed by atoms with Crippen molar-refractivity contribution in [3.05, 3.63) is 58.7 Å². The summed E-state index contributed by atoms with van der Waals surface area (Å²) in [4.78, 5) is 15.4. The summed E-state index contributed by atoms with van der Waals surface area (Å²) in [5, 5.41) is 9.79. The lowest BCUT2D eigenvalue weighted by Crippen LogP contribution is -2.10. The van der Waals surface area contributed by atoms with Crippen molar-refractivity contribution in [2.24, 2.45) is 0 Å². The second-order valence-electron chi connectivity index (χ2n) is 5.30. The number of carbonyl (C=O) groups is 1. The van der Waals surface area contributed by atoms with Gasteiger partial charge >= 0.3 is 5.97 Å². The van der Waals surface area contributed by atoms with Crippen molar-refractivity contribution < 1.29 is 14.6 Å². The maximum atomic E-state index is 11.2. The van der Waals surface area contributed by atoms with Crippen molar-refractivity contribution in [3.63, 3.8) is 0 Å². The third-order valence-electron chi connectivity index (χ3n) is 3.17. The van der Waals surface area contributed by atoms with Gasteiger partial charge in [-0.25, -0.2) is 4.98 Å². The van der Waals surface area contributed by atoms with E-state index in [2.05, 4.69) is 4.98 Å². The number of ether oxygens (including phenoxy) is 1. The van der Waals surface area contributed by atoms with Crippen molar-refractivity contribution in [3.8, 4) is 5.88 Å². The molecule has 1 N–H and O–H groups in total. The van der Waals surface area contributed by atoms with Gasteiger partial charge in [0.1, 0.15) is 0 Å². The molecule has 1 atom stereocenters. The summed E-state index contributed by atoms with van der Waals surface area (Å²) in [7, 11) is 0. The van der Waals surface area contributed by atoms with Crippen molar-refractivity contribution in [2.75, 3.05) is 0 Å². The molecule has 1 aromatic carbocycles. The van der Waals surface area contributed by atoms with Gasteiger partial charge in [-0.1, -0.05) is 29.8 Å². The van der Waals surface area contributed by atoms with E-state index in [9.17, 15) is 4.79 Å². The van der Waals surface area contributed by atoms with Gasteiger partial charge in [0, 0.05) is 23.2 Å². The van der Waals surface area contributed by atoms with E-state index in [1.807, 2.05) is 32.0 Å². The highest BCUT2D eigenvalue weighted by Gasteiger charge is 2.18. The van der Waals surface area contributed by atoms with Crippen LogP contribution in [0.2, 0.25) is 5.02 Å². The van der Waals surface area contributed by atoms with Gasteiger partial charge in [0.15, 0.2) is 0 Å². The lowest BCUT2D eigenvalue weighted by molar-refractivity contribution is -0.137. The number of halogens is 1. The summed E-state index contributed by atoms with van der Waals surface area (Å²) < 4.78 is 5.51. The quantitative estimate of drug-likeness (QED) is 0.869. The number of aromatic nitrogens is 1. The van der Waals surface area contributed by atoms with Crippen molar-refractivity contribution in [2.45, 2.75) is 32.3 Å². The number of rotatable bonds is 6. The highest BCUT2D eigenvalue weighted by molar-refractivity contribution is 6.30. The number of pyridine rings is 1. The van der Waals surface area contributed by atoms with Gasteiger partial charge in [-0.05, 0) is 37.1 Å². The van der Waals surface area contributed by atoms with Crippen LogP contribution in [0, 0.1) is 0 Å². The fraction of sp³-hybridized carbons (Fsp3) is 0.294. The van der Waals surface area contributed by atoms with Crippen LogP contribution in [0.3, 0.4) is 0 Å². The Balaban J connectivity index is 2.28. The van der Waals surface area contributed by atoms with E-state index in [1.54, 1.807) is 24.4 Å². The zero-order chi connectivity index (χ0) is 16.1. The van der Waals surface area contributed by atoms with Gasteiger partial charge in [0.05, 0.1) is 12.5 Å². The molecule has 0 aliphatic carbocycles. The maximum absolute atomic E-state index is 11.2. The van der Waals surface area contributed by atoms with Crippen LogP contribution in [0.4, 0.5) is 0 Å². The van der Waals surface area contributed by atoms with Crippen LogP contribution in [0.1, 0.15) is 37.3 Å². The molecule has 5 heteroatoms. The molecule has 0 saturated heterocycles. The zero-order valence-electron chi connectivity index (χ0n) is 12.5. The lowest BCUT2D eigenvalue weighted by atomic mass is 9.89. The largest absolute Gasteiger partial charge is 0.481 e. The average Bonchev–Trinajstić information content (AvgIpc) is 2.46. The first-order valence-corrected chi connectivity index (χ1v) is 7.43. The van der Waals surface area contributed by atoms with Gasteiger partial charge in [-0.15, -0.1) is 0 Å². The zero-order valence-corrected chi connectivity index (χ0v) is 13.2. The Morgan fingerprint density at radius 3 is 2.32 bits per heavy atom. The summed E-state index contributed by atoms with van der Waals surface area (Å²) in [5.74, 6) is -0.596. The Morgan fingerprint density at radius 1 is 1.18 bits per heavy atom. The van der Waals surface area contributed by atoms with Crippen LogP contribution in [0.5, 0.6) is 5.88 Å². The third-order valence-corrected chi connectivity index (χ3v) is 3.42. The van der Waals surface area contributed by atoms with Crippen molar-refractivity contribution in [1.29, 1.82) is 0 Å². The fourth-order valence-electron chi connectivity index (χ4n) is 2.21. The number of carboxylic acid groups (broad SMARTS) is 1. The number of benzene rings is 1. The van der Waals surface area contributed by atoms with E-state index in [0.717, 1.165) is 11.1 Å². The first-order chi connectivity index (χ1) is 10.5. The molecule has 2 rings (SSSR count). The molecule has 0 radical (unpaired) electrons. The second-order valence-corrected chi connectivity index (χ2v) is 5.73. The van der Waals surface area contributed by atoms with Gasteiger partial charge < -0.3 is 9.84 Å². The Kier molecular flexibility index (Phi) is 5.39. The molecule has 4 nitrogen and oxygen atoms in total. The van der Waals surface area contributed by atoms with Crippen LogP contribution in [0.15, 0.2) is 42.6 Å². The minimum atomic E-state index is -0.859. The van der Waals surface area contributed by atoms with E-state index in [0.29, 0.717) is 10.9 Å². The number of hydrogen-bond donors (Lipinski definition) is 1. The predicted octanol–water partition coefficient (Wildman–Crippen LogP) is 4.13. The molecule has 0 bridgehead atoms. The third kappa shape index (κ3) is 4.46. The maximum Gasteiger partial charge on any atom is 0.304 e. The van der Waals surface area contributed by atoms with E-state index in [-0.39, 0.29) is 18.4 Å². The fourth-order valence-corrected chi connectivity index (χ4v) is 2.33. The molecule has 1 heterocycles. The predicted molar refractivity (Wildman–Crippen MR) is 85.5 cm³/mol. The molecular weight excluding hydrogens is 302 g/mol. The summed E-state index contributed by atoms with van der Waals surface area (Å²) in [5.41, 5.74) is 1.73. The number of nitrogens with zero attached hydrogens (tertiary/aromatic N) is 1. The van der Waals surface area contributed by atoms with E-state index >= 15 is 0 Å². The first kappa shape index (κ1) is 16.3. The molecule has 2 aromatic rings. The minimum Gasteiger partial charge on any atom is -0.481 e. The standard InChI is InChI=1S/C17H18ClNO3/c1-11(2)22-16-8-5-13(10-19-16)15(9-17(20)21)12-3-6-14(18)7-4-12/h3-8,10-11,15H,9H2,1-2H3,(H,20,21)/t15-/m0/s1. The monoisotopic (exact) mass is 319 g/mol. The number of hydrogen-bond acceptors (Lipinski definition) is 3. The molecule has 0 amide bonds. The molecule has 0 fully saturated rings. The Hall–Kier alpha value is -2.07. The summed E-state index contributed by atoms with van der Waals surface area (Å²) in [6.07, 6.45) is 1.71. The van der Waals surface area contributed by atoms with E-state index in [4.69, 9.17) is 21.4 Å². The minimum absolute atomic E-state index is 0.00625. The van der Waals surface area contributed by atoms with Crippen LogP contribution in [-0.2, 0) is 4.79 Å². The second kappa shape index (κ2) is 7.27. The lowest BCUT2D eigenvalue weighted by Gasteiger charge is -2.16. The molecule has 22 heavy (non-hydrogen) atoms. The molecule has 0 aliphatic heterocycles. The van der Waals surface area contributed by atoms with Crippen molar-refractivity contribution >= 4 is 17.6 Å². The highest BCUT2D eigenvalue weighted by Crippen LogP contribution is 2.29. The first-order valence-electron chi connectivity index (χ1n) is 7.05. The van der Waals surface area contributed by atoms with Gasteiger partial charge in [0.2, 0.25) is 5.88 Å². The molecule has 0 aliphatic rings. The summed E-state index contributed by atoms with van der Waals surface area (Å²) >= 11 is 5.89. The molecule has 0 unspecified atom stereocenters. The van der Waals surface area contributed by atoms with Crippen LogP contribution < -0.4 is 4.74 Å². The molecule has 116 valence electrons. The van der Waals surface area contributed by atoms with Crippen LogP contribution in [0.25, 0.3) is 0 Å². The van der Waals surface area contributed by atoms with E-state index < -0.39 is 5.97 Å². The Labute approximate surface area is 134 Å². The summed E-state index contributed by atoms with van der Waals surface area (Å²) in [6, 6.07) is 10.8. The number of aliphatic carboxylic acids is 1.